The lowest BCUT2D eigenvalue weighted by molar-refractivity contribution is 0.297. The maximum absolute atomic E-state index is 12.9. The third kappa shape index (κ3) is 6.12. The number of hydrogen-bond donors (Lipinski definition) is 0. The second-order valence-corrected chi connectivity index (χ2v) is 6.63. The van der Waals surface area contributed by atoms with Crippen molar-refractivity contribution >= 4 is 28.0 Å². The molecule has 1 heterocycles. The van der Waals surface area contributed by atoms with Gasteiger partial charge in [0.1, 0.15) is 5.82 Å². The van der Waals surface area contributed by atoms with Gasteiger partial charge in [-0.3, -0.25) is 0 Å². The summed E-state index contributed by atoms with van der Waals surface area (Å²) in [6.07, 6.45) is 3.46. The van der Waals surface area contributed by atoms with Crippen molar-refractivity contribution in [3.8, 4) is 5.88 Å². The van der Waals surface area contributed by atoms with Crippen LogP contribution in [0.25, 0.3) is 0 Å². The van der Waals surface area contributed by atoms with Gasteiger partial charge >= 0.3 is 0 Å². The highest BCUT2D eigenvalue weighted by atomic mass is 79.9. The van der Waals surface area contributed by atoms with Gasteiger partial charge in [0, 0.05) is 13.6 Å². The fourth-order valence-electron chi connectivity index (χ4n) is 2.12. The number of rotatable bonds is 8. The van der Waals surface area contributed by atoms with E-state index in [1.54, 1.807) is 18.5 Å². The summed E-state index contributed by atoms with van der Waals surface area (Å²) in [5.74, 6) is 0.357. The Morgan fingerprint density at radius 2 is 2.04 bits per heavy atom. The van der Waals surface area contributed by atoms with Crippen LogP contribution >= 0.6 is 15.9 Å². The third-order valence-corrected chi connectivity index (χ3v) is 4.33. The summed E-state index contributed by atoms with van der Waals surface area (Å²) in [6, 6.07) is 8.47. The number of nitrogens with zero attached hydrogens (tertiary/aromatic N) is 3. The number of aromatic nitrogens is 1. The molecule has 0 saturated heterocycles. The SMILES string of the molecule is CCN(C)C=Nc1cc(Br)c(OCCCc2ccc(F)cc2)nc1C. The van der Waals surface area contributed by atoms with Gasteiger partial charge < -0.3 is 9.64 Å². The minimum Gasteiger partial charge on any atom is -0.477 e. The molecule has 0 saturated carbocycles. The fraction of sp³-hybridized carbons (Fsp3) is 0.368. The van der Waals surface area contributed by atoms with E-state index in [4.69, 9.17) is 4.74 Å². The van der Waals surface area contributed by atoms with Gasteiger partial charge in [-0.25, -0.2) is 14.4 Å². The molecule has 0 atom stereocenters. The Kier molecular flexibility index (Phi) is 7.37. The molecule has 2 rings (SSSR count). The van der Waals surface area contributed by atoms with E-state index in [0.29, 0.717) is 12.5 Å². The monoisotopic (exact) mass is 407 g/mol. The molecule has 0 amide bonds. The summed E-state index contributed by atoms with van der Waals surface area (Å²) in [5.41, 5.74) is 2.72. The lowest BCUT2D eigenvalue weighted by Gasteiger charge is -2.11. The van der Waals surface area contributed by atoms with Gasteiger partial charge in [0.15, 0.2) is 0 Å². The summed E-state index contributed by atoms with van der Waals surface area (Å²) < 4.78 is 19.4. The molecule has 6 heteroatoms. The van der Waals surface area contributed by atoms with E-state index in [1.807, 2.05) is 24.9 Å². The highest BCUT2D eigenvalue weighted by molar-refractivity contribution is 9.10. The quantitative estimate of drug-likeness (QED) is 0.354. The molecule has 0 fully saturated rings. The third-order valence-electron chi connectivity index (χ3n) is 3.76. The first-order chi connectivity index (χ1) is 12.0. The maximum atomic E-state index is 12.9. The number of pyridine rings is 1. The van der Waals surface area contributed by atoms with Crippen molar-refractivity contribution in [2.75, 3.05) is 20.2 Å². The van der Waals surface area contributed by atoms with Crippen LogP contribution in [0.3, 0.4) is 0 Å². The van der Waals surface area contributed by atoms with Crippen LogP contribution in [0.1, 0.15) is 24.6 Å². The lowest BCUT2D eigenvalue weighted by atomic mass is 10.1. The number of aliphatic imine (C=N–C) groups is 1. The Morgan fingerprint density at radius 3 is 2.72 bits per heavy atom. The summed E-state index contributed by atoms with van der Waals surface area (Å²) in [5, 5.41) is 0. The minimum atomic E-state index is -0.212. The molecule has 0 unspecified atom stereocenters. The summed E-state index contributed by atoms with van der Waals surface area (Å²) >= 11 is 3.49. The molecule has 0 bridgehead atoms. The Bertz CT molecular complexity index is 719. The molecule has 0 N–H and O–H groups in total. The van der Waals surface area contributed by atoms with Crippen molar-refractivity contribution in [1.29, 1.82) is 0 Å². The van der Waals surface area contributed by atoms with Gasteiger partial charge in [-0.05, 0) is 66.4 Å². The summed E-state index contributed by atoms with van der Waals surface area (Å²) in [7, 11) is 1.97. The van der Waals surface area contributed by atoms with Crippen molar-refractivity contribution < 1.29 is 9.13 Å². The Balaban J connectivity index is 1.90. The second-order valence-electron chi connectivity index (χ2n) is 5.78. The zero-order chi connectivity index (χ0) is 18.2. The molecule has 25 heavy (non-hydrogen) atoms. The van der Waals surface area contributed by atoms with Gasteiger partial charge in [0.05, 0.1) is 28.8 Å². The molecule has 1 aromatic heterocycles. The number of ether oxygens (including phenoxy) is 1. The molecule has 0 radical (unpaired) electrons. The molecule has 4 nitrogen and oxygen atoms in total. The van der Waals surface area contributed by atoms with E-state index in [9.17, 15) is 4.39 Å². The van der Waals surface area contributed by atoms with E-state index in [-0.39, 0.29) is 5.82 Å². The van der Waals surface area contributed by atoms with Crippen molar-refractivity contribution in [1.82, 2.24) is 9.88 Å². The van der Waals surface area contributed by atoms with Crippen LogP contribution in [0.2, 0.25) is 0 Å². The number of halogens is 2. The topological polar surface area (TPSA) is 37.7 Å². The first-order valence-electron chi connectivity index (χ1n) is 8.28. The van der Waals surface area contributed by atoms with E-state index >= 15 is 0 Å². The van der Waals surface area contributed by atoms with E-state index < -0.39 is 0 Å². The van der Waals surface area contributed by atoms with E-state index in [0.717, 1.165) is 40.8 Å². The zero-order valence-electron chi connectivity index (χ0n) is 14.8. The number of aryl methyl sites for hydroxylation is 2. The maximum Gasteiger partial charge on any atom is 0.228 e. The Labute approximate surface area is 156 Å². The van der Waals surface area contributed by atoms with Crippen molar-refractivity contribution in [3.05, 3.63) is 51.9 Å². The van der Waals surface area contributed by atoms with E-state index in [2.05, 4.69) is 32.8 Å². The minimum absolute atomic E-state index is 0.212. The predicted octanol–water partition coefficient (Wildman–Crippen LogP) is 4.91. The van der Waals surface area contributed by atoms with Crippen LogP contribution in [-0.2, 0) is 6.42 Å². The highest BCUT2D eigenvalue weighted by Gasteiger charge is 2.08. The van der Waals surface area contributed by atoms with Gasteiger partial charge in [-0.2, -0.15) is 0 Å². The largest absolute Gasteiger partial charge is 0.477 e. The highest BCUT2D eigenvalue weighted by Crippen LogP contribution is 2.29. The molecule has 0 aliphatic carbocycles. The zero-order valence-corrected chi connectivity index (χ0v) is 16.4. The Hall–Kier alpha value is -1.95. The second kappa shape index (κ2) is 9.51. The molecule has 0 aliphatic heterocycles. The average Bonchev–Trinajstić information content (AvgIpc) is 2.61. The first-order valence-corrected chi connectivity index (χ1v) is 9.07. The molecular formula is C19H23BrFN3O. The summed E-state index contributed by atoms with van der Waals surface area (Å²) in [6.45, 7) is 5.42. The van der Waals surface area contributed by atoms with Gasteiger partial charge in [-0.15, -0.1) is 0 Å². The predicted molar refractivity (Wildman–Crippen MR) is 103 cm³/mol. The molecule has 0 spiro atoms. The van der Waals surface area contributed by atoms with Gasteiger partial charge in [0.25, 0.3) is 0 Å². The first kappa shape index (κ1) is 19.4. The fourth-order valence-corrected chi connectivity index (χ4v) is 2.54. The lowest BCUT2D eigenvalue weighted by Crippen LogP contribution is -2.14. The van der Waals surface area contributed by atoms with Crippen LogP contribution in [-0.4, -0.2) is 36.4 Å². The molecule has 0 aliphatic rings. The van der Waals surface area contributed by atoms with Crippen molar-refractivity contribution in [2.24, 2.45) is 4.99 Å². The normalized spacial score (nSPS) is 11.1. The molecule has 2 aromatic rings. The van der Waals surface area contributed by atoms with Crippen LogP contribution in [0, 0.1) is 12.7 Å². The van der Waals surface area contributed by atoms with Crippen molar-refractivity contribution in [3.63, 3.8) is 0 Å². The van der Waals surface area contributed by atoms with Crippen LogP contribution in [0.4, 0.5) is 10.1 Å². The van der Waals surface area contributed by atoms with Gasteiger partial charge in [0.2, 0.25) is 5.88 Å². The molecule has 134 valence electrons. The number of hydrogen-bond acceptors (Lipinski definition) is 3. The van der Waals surface area contributed by atoms with Crippen LogP contribution in [0.15, 0.2) is 39.8 Å². The molecule has 1 aromatic carbocycles. The Morgan fingerprint density at radius 1 is 1.32 bits per heavy atom. The van der Waals surface area contributed by atoms with Gasteiger partial charge in [-0.1, -0.05) is 12.1 Å². The van der Waals surface area contributed by atoms with Crippen molar-refractivity contribution in [2.45, 2.75) is 26.7 Å². The molecular weight excluding hydrogens is 385 g/mol. The van der Waals surface area contributed by atoms with Crippen LogP contribution < -0.4 is 4.74 Å². The van der Waals surface area contributed by atoms with E-state index in [1.165, 1.54) is 12.1 Å². The standard InChI is InChI=1S/C19H23BrFN3O/c1-4-24(3)13-22-18-12-17(20)19(23-14(18)2)25-11-5-6-15-7-9-16(21)10-8-15/h7-10,12-13H,4-6,11H2,1-3H3. The smallest absolute Gasteiger partial charge is 0.228 e. The number of benzene rings is 1. The van der Waals surface area contributed by atoms with Crippen LogP contribution in [0.5, 0.6) is 5.88 Å². The average molecular weight is 408 g/mol. The summed E-state index contributed by atoms with van der Waals surface area (Å²) in [4.78, 5) is 10.9.